The number of pyridine rings is 2. The average Bonchev–Trinajstić information content (AvgIpc) is 2.58. The second-order valence-electron chi connectivity index (χ2n) is 6.68. The minimum absolute atomic E-state index is 0.120. The zero-order valence-electron chi connectivity index (χ0n) is 15.2. The third-order valence-corrected chi connectivity index (χ3v) is 4.59. The molecule has 2 aromatic heterocycles. The zero-order valence-corrected chi connectivity index (χ0v) is 15.9. The van der Waals surface area contributed by atoms with E-state index in [0.29, 0.717) is 17.9 Å². The van der Waals surface area contributed by atoms with Gasteiger partial charge in [-0.15, -0.1) is 0 Å². The number of fused-ring (bicyclic) bond motifs is 1. The van der Waals surface area contributed by atoms with E-state index in [1.165, 1.54) is 11.6 Å². The largest absolute Gasteiger partial charge is 0.330 e. The molecule has 1 N–H and O–H groups in total. The van der Waals surface area contributed by atoms with E-state index in [9.17, 15) is 4.39 Å². The van der Waals surface area contributed by atoms with Crippen molar-refractivity contribution < 1.29 is 4.39 Å². The Balaban J connectivity index is 1.81. The van der Waals surface area contributed by atoms with E-state index in [1.807, 2.05) is 30.2 Å². The Hall–Kier alpha value is -2.24. The Labute approximate surface area is 158 Å². The summed E-state index contributed by atoms with van der Waals surface area (Å²) < 4.78 is 14.0. The first kappa shape index (κ1) is 18.5. The summed E-state index contributed by atoms with van der Waals surface area (Å²) in [5.41, 5.74) is 4.60. The van der Waals surface area contributed by atoms with E-state index < -0.39 is 5.82 Å². The molecule has 136 valence electrons. The molecule has 3 rings (SSSR count). The molecule has 1 aliphatic heterocycles. The van der Waals surface area contributed by atoms with Gasteiger partial charge in [0, 0.05) is 42.8 Å². The second-order valence-corrected chi connectivity index (χ2v) is 7.03. The minimum Gasteiger partial charge on any atom is -0.330 e. The summed E-state index contributed by atoms with van der Waals surface area (Å²) in [4.78, 5) is 10.4. The smallest absolute Gasteiger partial charge is 0.167 e. The summed E-state index contributed by atoms with van der Waals surface area (Å²) >= 11 is 5.88. The first-order valence-corrected chi connectivity index (χ1v) is 8.91. The van der Waals surface area contributed by atoms with Crippen LogP contribution in [0.15, 0.2) is 42.7 Å². The average molecular weight is 373 g/mol. The molecule has 0 bridgehead atoms. The lowest BCUT2D eigenvalue weighted by atomic mass is 9.96. The number of hydrogen-bond acceptors (Lipinski definition) is 4. The predicted octanol–water partition coefficient (Wildman–Crippen LogP) is 4.49. The zero-order chi connectivity index (χ0) is 18.8. The quantitative estimate of drug-likeness (QED) is 0.785. The van der Waals surface area contributed by atoms with Crippen LogP contribution in [0.25, 0.3) is 5.57 Å². The third-order valence-electron chi connectivity index (χ3n) is 4.33. The van der Waals surface area contributed by atoms with Crippen molar-refractivity contribution >= 4 is 23.0 Å². The third kappa shape index (κ3) is 3.79. The van der Waals surface area contributed by atoms with Crippen molar-refractivity contribution in [1.29, 1.82) is 0 Å². The normalized spacial score (nSPS) is 13.8. The lowest BCUT2D eigenvalue weighted by molar-refractivity contribution is 0.619. The van der Waals surface area contributed by atoms with Gasteiger partial charge in [-0.05, 0) is 55.7 Å². The molecule has 0 amide bonds. The van der Waals surface area contributed by atoms with Gasteiger partial charge in [-0.3, -0.25) is 4.98 Å². The van der Waals surface area contributed by atoms with Gasteiger partial charge in [0.2, 0.25) is 0 Å². The maximum Gasteiger partial charge on any atom is 0.167 e. The number of halogens is 2. The minimum atomic E-state index is -0.531. The first-order valence-electron chi connectivity index (χ1n) is 8.53. The van der Waals surface area contributed by atoms with Gasteiger partial charge in [0.15, 0.2) is 11.0 Å². The molecule has 2 aromatic rings. The van der Waals surface area contributed by atoms with Crippen LogP contribution in [-0.2, 0) is 6.54 Å². The number of nitrogens with zero attached hydrogens (tertiary/aromatic N) is 3. The van der Waals surface area contributed by atoms with Crippen molar-refractivity contribution in [3.05, 3.63) is 70.5 Å². The summed E-state index contributed by atoms with van der Waals surface area (Å²) in [5.74, 6) is 0.113. The van der Waals surface area contributed by atoms with Crippen molar-refractivity contribution in [1.82, 2.24) is 15.3 Å². The number of hydrogen-bond donors (Lipinski definition) is 1. The van der Waals surface area contributed by atoms with E-state index in [0.717, 1.165) is 23.4 Å². The van der Waals surface area contributed by atoms with Crippen molar-refractivity contribution in [3.8, 4) is 0 Å². The van der Waals surface area contributed by atoms with Crippen molar-refractivity contribution in [2.24, 2.45) is 0 Å². The molecule has 3 heterocycles. The maximum absolute atomic E-state index is 14.0. The molecule has 0 atom stereocenters. The van der Waals surface area contributed by atoms with Gasteiger partial charge < -0.3 is 10.2 Å². The fourth-order valence-corrected chi connectivity index (χ4v) is 3.09. The topological polar surface area (TPSA) is 41.1 Å². The molecule has 0 aliphatic carbocycles. The summed E-state index contributed by atoms with van der Waals surface area (Å²) in [6, 6.07) is 5.62. The SMILES string of the molecule is C=C1C(CNCc2ccnc(C)c2)=CN(C(C)C)c2nc(Cl)c(F)cc21. The number of aromatic nitrogens is 2. The molecule has 6 heteroatoms. The number of anilines is 1. The van der Waals surface area contributed by atoms with Gasteiger partial charge in [0.25, 0.3) is 0 Å². The summed E-state index contributed by atoms with van der Waals surface area (Å²) in [6.07, 6.45) is 3.82. The standard InChI is InChI=1S/C20H22ClFN4/c1-12(2)26-11-16(10-23-9-15-5-6-24-13(3)7-15)14(4)17-8-18(22)19(21)25-20(17)26/h5-8,11-12,23H,4,9-10H2,1-3H3. The van der Waals surface area contributed by atoms with Crippen molar-refractivity contribution in [2.75, 3.05) is 11.4 Å². The predicted molar refractivity (Wildman–Crippen MR) is 105 cm³/mol. The van der Waals surface area contributed by atoms with Crippen LogP contribution in [0.5, 0.6) is 0 Å². The van der Waals surface area contributed by atoms with Gasteiger partial charge in [-0.1, -0.05) is 18.2 Å². The second kappa shape index (κ2) is 7.56. The summed E-state index contributed by atoms with van der Waals surface area (Å²) in [7, 11) is 0. The van der Waals surface area contributed by atoms with Crippen LogP contribution in [0.2, 0.25) is 5.15 Å². The van der Waals surface area contributed by atoms with Gasteiger partial charge in [-0.2, -0.15) is 0 Å². The first-order chi connectivity index (χ1) is 12.4. The van der Waals surface area contributed by atoms with Crippen LogP contribution in [0, 0.1) is 12.7 Å². The fourth-order valence-electron chi connectivity index (χ4n) is 2.96. The molecule has 0 fully saturated rings. The highest BCUT2D eigenvalue weighted by atomic mass is 35.5. The van der Waals surface area contributed by atoms with E-state index >= 15 is 0 Å². The van der Waals surface area contributed by atoms with Crippen LogP contribution in [0.4, 0.5) is 10.2 Å². The number of nitrogens with one attached hydrogen (secondary N) is 1. The van der Waals surface area contributed by atoms with Gasteiger partial charge in [0.05, 0.1) is 0 Å². The molecular weight excluding hydrogens is 351 g/mol. The van der Waals surface area contributed by atoms with Gasteiger partial charge in [0.1, 0.15) is 5.82 Å². The molecule has 26 heavy (non-hydrogen) atoms. The Morgan fingerprint density at radius 2 is 2.08 bits per heavy atom. The summed E-state index contributed by atoms with van der Waals surface area (Å²) in [6.45, 7) is 11.6. The Bertz CT molecular complexity index is 876. The van der Waals surface area contributed by atoms with E-state index in [2.05, 4.69) is 35.7 Å². The number of aryl methyl sites for hydroxylation is 1. The molecule has 0 spiro atoms. The van der Waals surface area contributed by atoms with Crippen LogP contribution < -0.4 is 10.2 Å². The molecule has 0 saturated carbocycles. The van der Waals surface area contributed by atoms with E-state index in [-0.39, 0.29) is 11.2 Å². The van der Waals surface area contributed by atoms with Crippen LogP contribution in [0.3, 0.4) is 0 Å². The molecule has 0 saturated heterocycles. The Morgan fingerprint density at radius 1 is 1.31 bits per heavy atom. The monoisotopic (exact) mass is 372 g/mol. The van der Waals surface area contributed by atoms with E-state index in [1.54, 1.807) is 6.20 Å². The molecule has 4 nitrogen and oxygen atoms in total. The van der Waals surface area contributed by atoms with Crippen LogP contribution >= 0.6 is 11.6 Å². The highest BCUT2D eigenvalue weighted by molar-refractivity contribution is 6.29. The van der Waals surface area contributed by atoms with E-state index in [4.69, 9.17) is 11.6 Å². The lowest BCUT2D eigenvalue weighted by Crippen LogP contribution is -2.32. The van der Waals surface area contributed by atoms with Gasteiger partial charge >= 0.3 is 0 Å². The highest BCUT2D eigenvalue weighted by Crippen LogP contribution is 2.37. The number of rotatable bonds is 5. The molecule has 0 unspecified atom stereocenters. The van der Waals surface area contributed by atoms with Crippen molar-refractivity contribution in [3.63, 3.8) is 0 Å². The lowest BCUT2D eigenvalue weighted by Gasteiger charge is -2.32. The maximum atomic E-state index is 14.0. The molecular formula is C20H22ClFN4. The summed E-state index contributed by atoms with van der Waals surface area (Å²) in [5, 5.41) is 3.30. The molecule has 1 aliphatic rings. The molecule has 0 radical (unpaired) electrons. The van der Waals surface area contributed by atoms with Crippen LogP contribution in [-0.4, -0.2) is 22.6 Å². The fraction of sp³-hybridized carbons (Fsp3) is 0.300. The van der Waals surface area contributed by atoms with Gasteiger partial charge in [-0.25, -0.2) is 9.37 Å². The van der Waals surface area contributed by atoms with Crippen molar-refractivity contribution in [2.45, 2.75) is 33.4 Å². The Kier molecular flexibility index (Phi) is 5.39. The molecule has 0 aromatic carbocycles. The van der Waals surface area contributed by atoms with Crippen LogP contribution in [0.1, 0.15) is 30.7 Å². The highest BCUT2D eigenvalue weighted by Gasteiger charge is 2.25. The Morgan fingerprint density at radius 3 is 2.77 bits per heavy atom.